The first-order valence-corrected chi connectivity index (χ1v) is 27.6. The smallest absolute Gasteiger partial charge is 0.0540 e. The molecule has 15 rings (SSSR count). The number of rotatable bonds is 10. The van der Waals surface area contributed by atoms with Gasteiger partial charge in [0.05, 0.1) is 22.7 Å². The van der Waals surface area contributed by atoms with Gasteiger partial charge in [0, 0.05) is 32.9 Å². The molecule has 0 aliphatic carbocycles. The van der Waals surface area contributed by atoms with Crippen LogP contribution in [0, 0.1) is 0 Å². The largest absolute Gasteiger partial charge is 0.309 e. The molecule has 0 aliphatic rings. The molecule has 2 heteroatoms. The lowest BCUT2D eigenvalue weighted by atomic mass is 9.84. The average Bonchev–Trinajstić information content (AvgIpc) is 3.61. The van der Waals surface area contributed by atoms with Gasteiger partial charge in [-0.1, -0.05) is 267 Å². The summed E-state index contributed by atoms with van der Waals surface area (Å²) in [6, 6.07) is 116. The number of hydrogen-bond acceptors (Lipinski definition) is 2. The first-order valence-electron chi connectivity index (χ1n) is 27.6. The third-order valence-electron chi connectivity index (χ3n) is 16.2. The van der Waals surface area contributed by atoms with E-state index in [0.717, 1.165) is 45.3 Å². The summed E-state index contributed by atoms with van der Waals surface area (Å²) in [7, 11) is 0. The Morgan fingerprint density at radius 3 is 0.750 bits per heavy atom. The third kappa shape index (κ3) is 8.13. The summed E-state index contributed by atoms with van der Waals surface area (Å²) in [6.07, 6.45) is 0. The maximum Gasteiger partial charge on any atom is 0.0540 e. The maximum atomic E-state index is 2.49. The van der Waals surface area contributed by atoms with E-state index in [1.807, 2.05) is 0 Å². The molecule has 374 valence electrons. The van der Waals surface area contributed by atoms with Gasteiger partial charge in [0.25, 0.3) is 0 Å². The van der Waals surface area contributed by atoms with Crippen LogP contribution in [-0.4, -0.2) is 0 Å². The highest BCUT2D eigenvalue weighted by molar-refractivity contribution is 6.23. The van der Waals surface area contributed by atoms with Crippen LogP contribution < -0.4 is 9.80 Å². The van der Waals surface area contributed by atoms with Gasteiger partial charge in [0.15, 0.2) is 0 Å². The molecule has 15 aromatic carbocycles. The monoisotopic (exact) mass is 1020 g/mol. The summed E-state index contributed by atoms with van der Waals surface area (Å²) >= 11 is 0. The topological polar surface area (TPSA) is 6.48 Å². The fraction of sp³-hybridized carbons (Fsp3) is 0. The van der Waals surface area contributed by atoms with Crippen LogP contribution in [0.25, 0.3) is 109 Å². The summed E-state index contributed by atoms with van der Waals surface area (Å²) < 4.78 is 0. The number of nitrogens with zero attached hydrogens (tertiary/aromatic N) is 2. The molecular formula is C78H52N2. The van der Waals surface area contributed by atoms with Crippen molar-refractivity contribution in [2.24, 2.45) is 0 Å². The Labute approximate surface area is 465 Å². The maximum absolute atomic E-state index is 2.49. The average molecular weight is 1020 g/mol. The van der Waals surface area contributed by atoms with Crippen molar-refractivity contribution in [1.29, 1.82) is 0 Å². The zero-order valence-electron chi connectivity index (χ0n) is 43.9. The fourth-order valence-corrected chi connectivity index (χ4v) is 12.5. The van der Waals surface area contributed by atoms with Crippen LogP contribution in [0.15, 0.2) is 315 Å². The van der Waals surface area contributed by atoms with Gasteiger partial charge in [-0.05, 0) is 136 Å². The summed E-state index contributed by atoms with van der Waals surface area (Å²) in [4.78, 5) is 4.97. The zero-order valence-corrected chi connectivity index (χ0v) is 43.9. The Morgan fingerprint density at radius 2 is 0.425 bits per heavy atom. The lowest BCUT2D eigenvalue weighted by Gasteiger charge is -2.30. The van der Waals surface area contributed by atoms with Crippen molar-refractivity contribution < 1.29 is 0 Å². The summed E-state index contributed by atoms with van der Waals surface area (Å²) in [5.74, 6) is 0. The highest BCUT2D eigenvalue weighted by atomic mass is 15.2. The SMILES string of the molecule is c1ccc(-c2ccc(-c3c4ccc(N(c5cccc6ccccc56)c5cccc6ccccc56)cc4c(-c4ccc(-c5ccccc5)cc4)c4ccc(N(c5cccc6ccccc56)c5cccc6ccccc56)cc34)cc2)cc1. The van der Waals surface area contributed by atoms with E-state index >= 15 is 0 Å². The van der Waals surface area contributed by atoms with Gasteiger partial charge in [0.2, 0.25) is 0 Å². The summed E-state index contributed by atoms with van der Waals surface area (Å²) in [6.45, 7) is 0. The zero-order chi connectivity index (χ0) is 52.9. The molecule has 0 N–H and O–H groups in total. The van der Waals surface area contributed by atoms with E-state index in [-0.39, 0.29) is 0 Å². The van der Waals surface area contributed by atoms with Crippen molar-refractivity contribution in [2.45, 2.75) is 0 Å². The van der Waals surface area contributed by atoms with Crippen LogP contribution in [0.3, 0.4) is 0 Å². The molecule has 0 atom stereocenters. The van der Waals surface area contributed by atoms with Crippen LogP contribution in [0.4, 0.5) is 34.1 Å². The lowest BCUT2D eigenvalue weighted by Crippen LogP contribution is -2.11. The number of fused-ring (bicyclic) bond motifs is 6. The van der Waals surface area contributed by atoms with Gasteiger partial charge in [-0.3, -0.25) is 0 Å². The van der Waals surface area contributed by atoms with Crippen LogP contribution in [0.5, 0.6) is 0 Å². The number of benzene rings is 15. The molecule has 0 saturated carbocycles. The molecule has 0 aromatic heterocycles. The molecule has 15 aromatic rings. The van der Waals surface area contributed by atoms with Crippen molar-refractivity contribution in [3.8, 4) is 44.5 Å². The second-order valence-electron chi connectivity index (χ2n) is 20.8. The molecule has 0 unspecified atom stereocenters. The molecule has 0 amide bonds. The van der Waals surface area contributed by atoms with E-state index in [0.29, 0.717) is 0 Å². The summed E-state index contributed by atoms with van der Waals surface area (Å²) in [5, 5.41) is 14.2. The second-order valence-corrected chi connectivity index (χ2v) is 20.8. The molecule has 0 radical (unpaired) electrons. The Hall–Kier alpha value is -10.5. The molecule has 0 spiro atoms. The van der Waals surface area contributed by atoms with E-state index < -0.39 is 0 Å². The second kappa shape index (κ2) is 19.8. The molecule has 0 bridgehead atoms. The highest BCUT2D eigenvalue weighted by Gasteiger charge is 2.25. The Kier molecular flexibility index (Phi) is 11.6. The Morgan fingerprint density at radius 1 is 0.163 bits per heavy atom. The first-order chi connectivity index (χ1) is 39.7. The van der Waals surface area contributed by atoms with Crippen molar-refractivity contribution in [1.82, 2.24) is 0 Å². The summed E-state index contributed by atoms with van der Waals surface area (Å²) in [5.41, 5.74) is 16.1. The molecule has 0 heterocycles. The van der Waals surface area contributed by atoms with Gasteiger partial charge in [-0.25, -0.2) is 0 Å². The van der Waals surface area contributed by atoms with Crippen LogP contribution in [0.1, 0.15) is 0 Å². The van der Waals surface area contributed by atoms with Gasteiger partial charge in [0.1, 0.15) is 0 Å². The highest BCUT2D eigenvalue weighted by Crippen LogP contribution is 2.51. The minimum Gasteiger partial charge on any atom is -0.309 e. The minimum atomic E-state index is 1.08. The lowest BCUT2D eigenvalue weighted by molar-refractivity contribution is 1.32. The quantitative estimate of drug-likeness (QED) is 0.126. The molecule has 0 saturated heterocycles. The first kappa shape index (κ1) is 46.7. The molecular weight excluding hydrogens is 965 g/mol. The van der Waals surface area contributed by atoms with Gasteiger partial charge in [-0.15, -0.1) is 0 Å². The van der Waals surface area contributed by atoms with Crippen molar-refractivity contribution >= 4 is 98.8 Å². The van der Waals surface area contributed by atoms with Crippen molar-refractivity contribution in [3.05, 3.63) is 315 Å². The van der Waals surface area contributed by atoms with E-state index in [4.69, 9.17) is 0 Å². The van der Waals surface area contributed by atoms with E-state index in [1.165, 1.54) is 98.0 Å². The van der Waals surface area contributed by atoms with E-state index in [9.17, 15) is 0 Å². The van der Waals surface area contributed by atoms with Gasteiger partial charge < -0.3 is 9.80 Å². The van der Waals surface area contributed by atoms with Crippen LogP contribution in [0.2, 0.25) is 0 Å². The third-order valence-corrected chi connectivity index (χ3v) is 16.2. The molecule has 2 nitrogen and oxygen atoms in total. The Bertz CT molecular complexity index is 4330. The van der Waals surface area contributed by atoms with Crippen molar-refractivity contribution in [2.75, 3.05) is 9.80 Å². The number of anilines is 6. The molecule has 80 heavy (non-hydrogen) atoms. The molecule has 0 aliphatic heterocycles. The predicted octanol–water partition coefficient (Wildman–Crippen LogP) is 22.2. The minimum absolute atomic E-state index is 1.08. The van der Waals surface area contributed by atoms with Crippen molar-refractivity contribution in [3.63, 3.8) is 0 Å². The van der Waals surface area contributed by atoms with Gasteiger partial charge in [-0.2, -0.15) is 0 Å². The predicted molar refractivity (Wildman–Crippen MR) is 343 cm³/mol. The van der Waals surface area contributed by atoms with E-state index in [1.54, 1.807) is 0 Å². The number of hydrogen-bond donors (Lipinski definition) is 0. The van der Waals surface area contributed by atoms with Crippen LogP contribution >= 0.6 is 0 Å². The normalized spacial score (nSPS) is 11.5. The fourth-order valence-electron chi connectivity index (χ4n) is 12.5. The van der Waals surface area contributed by atoms with E-state index in [2.05, 4.69) is 325 Å². The van der Waals surface area contributed by atoms with Gasteiger partial charge >= 0.3 is 0 Å². The Balaban J connectivity index is 1.06. The standard InChI is InChI=1S/C78H52N2/c1-3-19-53(20-4-1)55-39-43-61(44-40-55)77-69-49-47-64(80(75-37-17-29-59-25-9-13-33-67(59)75)76-38-18-30-60-26-10-14-34-68(60)76)52-72(69)78(62-45-41-56(42-46-62)54-21-5-2-6-22-54)70-50-48-63(51-71(70)77)79(73-35-15-27-57-23-7-11-31-65(57)73)74-36-16-28-58-24-8-12-32-66(58)74/h1-52H. The van der Waals surface area contributed by atoms with Crippen LogP contribution in [-0.2, 0) is 0 Å². The molecule has 0 fully saturated rings.